The Morgan fingerprint density at radius 3 is 2.59 bits per heavy atom. The average Bonchev–Trinajstić information content (AvgIpc) is 3.67. The Hall–Kier alpha value is -4.05. The molecule has 2 aliphatic rings. The van der Waals surface area contributed by atoms with E-state index in [4.69, 9.17) is 5.10 Å². The zero-order chi connectivity index (χ0) is 25.7. The van der Waals surface area contributed by atoms with Crippen molar-refractivity contribution in [2.45, 2.75) is 43.8 Å². The minimum absolute atomic E-state index is 0.0555. The molecule has 4 atom stereocenters. The fourth-order valence-corrected chi connectivity index (χ4v) is 5.73. The predicted molar refractivity (Wildman–Crippen MR) is 135 cm³/mol. The third-order valence-electron chi connectivity index (χ3n) is 7.43. The van der Waals surface area contributed by atoms with Crippen molar-refractivity contribution in [3.63, 3.8) is 0 Å². The van der Waals surface area contributed by atoms with Gasteiger partial charge in [0.2, 0.25) is 0 Å². The van der Waals surface area contributed by atoms with Gasteiger partial charge >= 0.3 is 6.03 Å². The Morgan fingerprint density at radius 1 is 1.08 bits per heavy atom. The molecule has 4 heterocycles. The lowest BCUT2D eigenvalue weighted by Crippen LogP contribution is -2.48. The van der Waals surface area contributed by atoms with E-state index in [2.05, 4.69) is 21.0 Å². The lowest BCUT2D eigenvalue weighted by molar-refractivity contribution is 0.243. The molecule has 8 nitrogen and oxygen atoms in total. The first-order valence-corrected chi connectivity index (χ1v) is 12.3. The summed E-state index contributed by atoms with van der Waals surface area (Å²) in [6.45, 7) is 1.91. The van der Waals surface area contributed by atoms with Crippen LogP contribution in [0.15, 0.2) is 60.9 Å². The van der Waals surface area contributed by atoms with E-state index >= 15 is 0 Å². The van der Waals surface area contributed by atoms with E-state index in [1.807, 2.05) is 50.5 Å². The Balaban J connectivity index is 1.30. The maximum Gasteiger partial charge on any atom is 0.320 e. The lowest BCUT2D eigenvalue weighted by atomic mass is 9.80. The van der Waals surface area contributed by atoms with Gasteiger partial charge in [-0.2, -0.15) is 10.2 Å². The molecule has 0 radical (unpaired) electrons. The topological polar surface area (TPSA) is 88.8 Å². The minimum Gasteiger partial charge on any atom is -0.333 e. The quantitative estimate of drug-likeness (QED) is 0.380. The number of aryl methyl sites for hydroxylation is 1. The Kier molecular flexibility index (Phi) is 5.75. The van der Waals surface area contributed by atoms with Crippen molar-refractivity contribution in [2.24, 2.45) is 7.05 Å². The number of hydrogen-bond donors (Lipinski definition) is 3. The molecule has 2 bridgehead atoms. The van der Waals surface area contributed by atoms with Crippen LogP contribution in [0.5, 0.6) is 0 Å². The van der Waals surface area contributed by atoms with Crippen LogP contribution in [0.2, 0.25) is 0 Å². The number of amides is 2. The molecule has 1 unspecified atom stereocenters. The molecule has 2 amide bonds. The largest absolute Gasteiger partial charge is 0.333 e. The number of nitrogens with zero attached hydrogens (tertiary/aromatic N) is 4. The van der Waals surface area contributed by atoms with Gasteiger partial charge in [-0.25, -0.2) is 18.3 Å². The number of halogens is 2. The number of para-hydroxylation sites is 1. The molecular formula is C27H27F2N7O. The van der Waals surface area contributed by atoms with Gasteiger partial charge in [-0.3, -0.25) is 10.00 Å². The monoisotopic (exact) mass is 503 g/mol. The maximum atomic E-state index is 14.0. The number of benzene rings is 2. The fraction of sp³-hybridized carbons (Fsp3) is 0.296. The van der Waals surface area contributed by atoms with Crippen LogP contribution in [0.3, 0.4) is 0 Å². The number of hydrogen-bond acceptors (Lipinski definition) is 4. The zero-order valence-corrected chi connectivity index (χ0v) is 20.5. The third kappa shape index (κ3) is 4.17. The van der Waals surface area contributed by atoms with Crippen LogP contribution in [0.25, 0.3) is 16.9 Å². The van der Waals surface area contributed by atoms with Crippen molar-refractivity contribution >= 4 is 11.8 Å². The van der Waals surface area contributed by atoms with Crippen LogP contribution >= 0.6 is 0 Å². The van der Waals surface area contributed by atoms with E-state index in [-0.39, 0.29) is 30.1 Å². The van der Waals surface area contributed by atoms with Gasteiger partial charge in [0, 0.05) is 42.4 Å². The van der Waals surface area contributed by atoms with Gasteiger partial charge < -0.3 is 10.6 Å². The predicted octanol–water partition coefficient (Wildman–Crippen LogP) is 4.27. The summed E-state index contributed by atoms with van der Waals surface area (Å²) in [5.41, 5.74) is 3.84. The van der Waals surface area contributed by atoms with Crippen LogP contribution in [0.4, 0.5) is 19.4 Å². The average molecular weight is 504 g/mol. The van der Waals surface area contributed by atoms with E-state index < -0.39 is 11.6 Å². The number of anilines is 1. The SMILES string of the molecule is Cc1c(-c2cnn(C)c2)nn(-c2ccccc2)c1NC(=O)N[C@H]1[C@H](c2ccc(F)c(F)c2)C2CC[C@H]1N2. The van der Waals surface area contributed by atoms with Gasteiger partial charge in [0.05, 0.1) is 17.9 Å². The van der Waals surface area contributed by atoms with E-state index in [0.29, 0.717) is 17.1 Å². The molecule has 0 aliphatic carbocycles. The van der Waals surface area contributed by atoms with Crippen molar-refractivity contribution in [3.05, 3.63) is 83.7 Å². The van der Waals surface area contributed by atoms with E-state index in [0.717, 1.165) is 35.7 Å². The Labute approximate surface area is 212 Å². The first-order chi connectivity index (χ1) is 17.9. The highest BCUT2D eigenvalue weighted by molar-refractivity contribution is 5.91. The van der Waals surface area contributed by atoms with Crippen molar-refractivity contribution in [1.29, 1.82) is 0 Å². The van der Waals surface area contributed by atoms with Gasteiger partial charge in [0.25, 0.3) is 0 Å². The number of aromatic nitrogens is 4. The summed E-state index contributed by atoms with van der Waals surface area (Å²) >= 11 is 0. The van der Waals surface area contributed by atoms with Gasteiger partial charge in [-0.15, -0.1) is 0 Å². The summed E-state index contributed by atoms with van der Waals surface area (Å²) < 4.78 is 31.0. The summed E-state index contributed by atoms with van der Waals surface area (Å²) in [5, 5.41) is 18.7. The van der Waals surface area contributed by atoms with Crippen LogP contribution in [0.1, 0.15) is 29.9 Å². The minimum atomic E-state index is -0.881. The molecule has 190 valence electrons. The molecule has 2 saturated heterocycles. The number of nitrogens with one attached hydrogen (secondary N) is 3. The Bertz CT molecular complexity index is 1460. The first kappa shape index (κ1) is 23.4. The van der Waals surface area contributed by atoms with Crippen LogP contribution < -0.4 is 16.0 Å². The number of fused-ring (bicyclic) bond motifs is 2. The van der Waals surface area contributed by atoms with Crippen LogP contribution in [-0.4, -0.2) is 43.7 Å². The van der Waals surface area contributed by atoms with Gasteiger partial charge in [-0.1, -0.05) is 24.3 Å². The number of urea groups is 1. The second kappa shape index (κ2) is 9.11. The summed E-state index contributed by atoms with van der Waals surface area (Å²) in [6, 6.07) is 13.1. The second-order valence-electron chi connectivity index (χ2n) is 9.75. The van der Waals surface area contributed by atoms with Crippen molar-refractivity contribution in [2.75, 3.05) is 5.32 Å². The van der Waals surface area contributed by atoms with Crippen molar-refractivity contribution < 1.29 is 13.6 Å². The van der Waals surface area contributed by atoms with Gasteiger partial charge in [0.1, 0.15) is 11.5 Å². The molecule has 10 heteroatoms. The molecule has 2 aromatic heterocycles. The van der Waals surface area contributed by atoms with Crippen LogP contribution in [0, 0.1) is 18.6 Å². The highest BCUT2D eigenvalue weighted by Gasteiger charge is 2.48. The molecule has 0 saturated carbocycles. The summed E-state index contributed by atoms with van der Waals surface area (Å²) in [4.78, 5) is 13.4. The molecule has 0 spiro atoms. The summed E-state index contributed by atoms with van der Waals surface area (Å²) in [6.07, 6.45) is 5.44. The molecule has 37 heavy (non-hydrogen) atoms. The lowest BCUT2D eigenvalue weighted by Gasteiger charge is -2.30. The van der Waals surface area contributed by atoms with E-state index in [9.17, 15) is 13.6 Å². The molecular weight excluding hydrogens is 476 g/mol. The molecule has 2 fully saturated rings. The molecule has 4 aromatic rings. The van der Waals surface area contributed by atoms with Gasteiger partial charge in [-0.05, 0) is 49.6 Å². The number of rotatable bonds is 5. The Morgan fingerprint density at radius 2 is 1.86 bits per heavy atom. The second-order valence-corrected chi connectivity index (χ2v) is 9.75. The highest BCUT2D eigenvalue weighted by atomic mass is 19.2. The van der Waals surface area contributed by atoms with Crippen molar-refractivity contribution in [3.8, 4) is 16.9 Å². The standard InChI is InChI=1S/C27H27F2N7O/c1-15-24(17-13-30-35(2)14-17)34-36(18-6-4-3-5-7-18)26(15)33-27(37)32-25-22-11-10-21(31-22)23(25)16-8-9-19(28)20(29)12-16/h3-9,12-14,21-23,25,31H,10-11H2,1-2H3,(H2,32,33,37)/t21?,22-,23-,25-/m1/s1. The summed E-state index contributed by atoms with van der Waals surface area (Å²) in [7, 11) is 1.84. The van der Waals surface area contributed by atoms with Gasteiger partial charge in [0.15, 0.2) is 11.6 Å². The molecule has 6 rings (SSSR count). The fourth-order valence-electron chi connectivity index (χ4n) is 5.73. The van der Waals surface area contributed by atoms with Crippen LogP contribution in [-0.2, 0) is 7.05 Å². The third-order valence-corrected chi connectivity index (χ3v) is 7.43. The molecule has 2 aliphatic heterocycles. The van der Waals surface area contributed by atoms with E-state index in [1.54, 1.807) is 21.6 Å². The maximum absolute atomic E-state index is 14.0. The first-order valence-electron chi connectivity index (χ1n) is 12.3. The highest BCUT2D eigenvalue weighted by Crippen LogP contribution is 2.41. The number of carbonyl (C=O) groups is 1. The zero-order valence-electron chi connectivity index (χ0n) is 20.5. The molecule has 2 aromatic carbocycles. The van der Waals surface area contributed by atoms with E-state index in [1.165, 1.54) is 6.07 Å². The molecule has 3 N–H and O–H groups in total. The smallest absolute Gasteiger partial charge is 0.320 e. The van der Waals surface area contributed by atoms with Crippen molar-refractivity contribution in [1.82, 2.24) is 30.2 Å². The normalized spacial score (nSPS) is 22.4. The summed E-state index contributed by atoms with van der Waals surface area (Å²) in [5.74, 6) is -1.38. The number of carbonyl (C=O) groups excluding carboxylic acids is 1.